The van der Waals surface area contributed by atoms with Crippen LogP contribution in [0.4, 0.5) is 0 Å². The topological polar surface area (TPSA) is 37.3 Å². The molecular formula is C20H42NO2+. The molecule has 1 atom stereocenters. The minimum atomic E-state index is -0.605. The van der Waals surface area contributed by atoms with Gasteiger partial charge in [0.05, 0.1) is 19.6 Å². The number of quaternary nitrogens is 1. The van der Waals surface area contributed by atoms with Gasteiger partial charge in [0.25, 0.3) is 0 Å². The predicted octanol–water partition coefficient (Wildman–Crippen LogP) is 5.63. The summed E-state index contributed by atoms with van der Waals surface area (Å²) in [6, 6.07) is -0.218. The molecule has 3 heteroatoms. The molecule has 0 aliphatic rings. The summed E-state index contributed by atoms with van der Waals surface area (Å²) >= 11 is 0. The second kappa shape index (κ2) is 13.8. The van der Waals surface area contributed by atoms with Gasteiger partial charge in [-0.2, -0.15) is 0 Å². The van der Waals surface area contributed by atoms with Crippen LogP contribution in [0, 0.1) is 0 Å². The Bertz CT molecular complexity index is 279. The summed E-state index contributed by atoms with van der Waals surface area (Å²) in [5.41, 5.74) is 0. The summed E-state index contributed by atoms with van der Waals surface area (Å²) in [4.78, 5) is 11.7. The first-order valence-electron chi connectivity index (χ1n) is 10.2. The zero-order valence-electron chi connectivity index (χ0n) is 16.3. The maximum atomic E-state index is 11.7. The second-order valence-electron chi connectivity index (χ2n) is 6.99. The molecule has 0 amide bonds. The van der Waals surface area contributed by atoms with Crippen molar-refractivity contribution in [2.24, 2.45) is 0 Å². The van der Waals surface area contributed by atoms with Gasteiger partial charge < -0.3 is 9.59 Å². The van der Waals surface area contributed by atoms with Gasteiger partial charge >= 0.3 is 5.97 Å². The van der Waals surface area contributed by atoms with Crippen LogP contribution in [-0.4, -0.2) is 41.2 Å². The predicted molar refractivity (Wildman–Crippen MR) is 99.8 cm³/mol. The Labute approximate surface area is 145 Å². The molecule has 138 valence electrons. The molecule has 0 aliphatic carbocycles. The van der Waals surface area contributed by atoms with Gasteiger partial charge in [0.1, 0.15) is 0 Å². The van der Waals surface area contributed by atoms with Gasteiger partial charge in [0.15, 0.2) is 6.04 Å². The zero-order chi connectivity index (χ0) is 17.6. The van der Waals surface area contributed by atoms with Crippen molar-refractivity contribution in [3.05, 3.63) is 0 Å². The Balaban J connectivity index is 3.92. The van der Waals surface area contributed by atoms with Crippen LogP contribution in [0.2, 0.25) is 0 Å². The molecule has 0 spiro atoms. The van der Waals surface area contributed by atoms with E-state index < -0.39 is 5.97 Å². The standard InChI is InChI=1S/C20H41NO2/c1-5-9-10-11-12-13-14-15-16-17-18-19(20(22)23)21(6-2,7-3)8-4/h19H,5-18H2,1-4H3/p+1. The summed E-state index contributed by atoms with van der Waals surface area (Å²) < 4.78 is 0.729. The van der Waals surface area contributed by atoms with Crippen LogP contribution in [0.5, 0.6) is 0 Å². The molecule has 0 fully saturated rings. The Hall–Kier alpha value is -0.570. The van der Waals surface area contributed by atoms with Crippen LogP contribution in [0.25, 0.3) is 0 Å². The van der Waals surface area contributed by atoms with Gasteiger partial charge in [-0.15, -0.1) is 0 Å². The van der Waals surface area contributed by atoms with Gasteiger partial charge in [-0.3, -0.25) is 0 Å². The van der Waals surface area contributed by atoms with Crippen LogP contribution >= 0.6 is 0 Å². The van der Waals surface area contributed by atoms with Gasteiger partial charge in [-0.25, -0.2) is 4.79 Å². The van der Waals surface area contributed by atoms with Crippen LogP contribution in [0.15, 0.2) is 0 Å². The first-order valence-corrected chi connectivity index (χ1v) is 10.2. The number of aliphatic carboxylic acids is 1. The number of carboxylic acid groups (broad SMARTS) is 1. The van der Waals surface area contributed by atoms with Crippen molar-refractivity contribution in [2.75, 3.05) is 19.6 Å². The van der Waals surface area contributed by atoms with E-state index in [9.17, 15) is 9.90 Å². The molecular weight excluding hydrogens is 286 g/mol. The van der Waals surface area contributed by atoms with Crippen molar-refractivity contribution in [1.82, 2.24) is 0 Å². The molecule has 0 radical (unpaired) electrons. The van der Waals surface area contributed by atoms with Gasteiger partial charge in [-0.05, 0) is 27.2 Å². The minimum absolute atomic E-state index is 0.218. The van der Waals surface area contributed by atoms with Gasteiger partial charge in [-0.1, -0.05) is 64.7 Å². The Kier molecular flexibility index (Phi) is 13.5. The fourth-order valence-corrected chi connectivity index (χ4v) is 3.79. The summed E-state index contributed by atoms with van der Waals surface area (Å²) in [6.07, 6.45) is 13.9. The highest BCUT2D eigenvalue weighted by molar-refractivity contribution is 5.72. The van der Waals surface area contributed by atoms with Crippen molar-refractivity contribution in [3.8, 4) is 0 Å². The van der Waals surface area contributed by atoms with E-state index >= 15 is 0 Å². The van der Waals surface area contributed by atoms with E-state index in [4.69, 9.17) is 0 Å². The number of carboxylic acids is 1. The molecule has 0 aromatic carbocycles. The number of likely N-dealkylation sites (N-methyl/N-ethyl adjacent to an activating group) is 1. The van der Waals surface area contributed by atoms with E-state index in [1.807, 2.05) is 0 Å². The van der Waals surface area contributed by atoms with Crippen LogP contribution in [0.3, 0.4) is 0 Å². The lowest BCUT2D eigenvalue weighted by atomic mass is 10.0. The smallest absolute Gasteiger partial charge is 0.362 e. The van der Waals surface area contributed by atoms with E-state index in [2.05, 4.69) is 27.7 Å². The highest BCUT2D eigenvalue weighted by Gasteiger charge is 2.37. The Morgan fingerprint density at radius 1 is 0.739 bits per heavy atom. The van der Waals surface area contributed by atoms with Crippen molar-refractivity contribution in [1.29, 1.82) is 0 Å². The molecule has 0 aromatic heterocycles. The number of nitrogens with zero attached hydrogens (tertiary/aromatic N) is 1. The molecule has 1 N–H and O–H groups in total. The van der Waals surface area contributed by atoms with Crippen molar-refractivity contribution < 1.29 is 14.4 Å². The fourth-order valence-electron chi connectivity index (χ4n) is 3.79. The Morgan fingerprint density at radius 2 is 1.13 bits per heavy atom. The highest BCUT2D eigenvalue weighted by Crippen LogP contribution is 2.20. The number of hydrogen-bond donors (Lipinski definition) is 1. The summed E-state index contributed by atoms with van der Waals surface area (Å²) in [5.74, 6) is -0.605. The molecule has 0 saturated heterocycles. The largest absolute Gasteiger partial charge is 0.477 e. The first-order chi connectivity index (χ1) is 11.1. The molecule has 0 aliphatic heterocycles. The third-order valence-electron chi connectivity index (χ3n) is 5.67. The summed E-state index contributed by atoms with van der Waals surface area (Å²) in [6.45, 7) is 11.4. The lowest BCUT2D eigenvalue weighted by Gasteiger charge is -2.40. The molecule has 0 heterocycles. The number of carbonyl (C=O) groups is 1. The average molecular weight is 329 g/mol. The molecule has 0 rings (SSSR count). The maximum Gasteiger partial charge on any atom is 0.362 e. The zero-order valence-corrected chi connectivity index (χ0v) is 16.3. The van der Waals surface area contributed by atoms with Crippen LogP contribution < -0.4 is 0 Å². The Morgan fingerprint density at radius 3 is 1.48 bits per heavy atom. The van der Waals surface area contributed by atoms with E-state index in [0.29, 0.717) is 0 Å². The normalized spacial score (nSPS) is 13.2. The summed E-state index contributed by atoms with van der Waals surface area (Å²) in [7, 11) is 0. The highest BCUT2D eigenvalue weighted by atomic mass is 16.4. The lowest BCUT2D eigenvalue weighted by molar-refractivity contribution is -0.939. The molecule has 0 saturated carbocycles. The van der Waals surface area contributed by atoms with E-state index in [1.54, 1.807) is 0 Å². The third-order valence-corrected chi connectivity index (χ3v) is 5.67. The molecule has 3 nitrogen and oxygen atoms in total. The number of unbranched alkanes of at least 4 members (excludes halogenated alkanes) is 9. The van der Waals surface area contributed by atoms with Crippen molar-refractivity contribution in [3.63, 3.8) is 0 Å². The van der Waals surface area contributed by atoms with Crippen molar-refractivity contribution >= 4 is 5.97 Å². The third kappa shape index (κ3) is 8.74. The molecule has 1 unspecified atom stereocenters. The van der Waals surface area contributed by atoms with E-state index in [1.165, 1.54) is 57.8 Å². The average Bonchev–Trinajstić information content (AvgIpc) is 2.56. The number of hydrogen-bond acceptors (Lipinski definition) is 1. The fraction of sp³-hybridized carbons (Fsp3) is 0.950. The van der Waals surface area contributed by atoms with Gasteiger partial charge in [0, 0.05) is 6.42 Å². The molecule has 0 aromatic rings. The lowest BCUT2D eigenvalue weighted by Crippen LogP contribution is -2.58. The van der Waals surface area contributed by atoms with E-state index in [0.717, 1.165) is 37.0 Å². The minimum Gasteiger partial charge on any atom is -0.477 e. The monoisotopic (exact) mass is 328 g/mol. The van der Waals surface area contributed by atoms with Crippen LogP contribution in [0.1, 0.15) is 98.3 Å². The molecule has 0 bridgehead atoms. The molecule has 23 heavy (non-hydrogen) atoms. The SMILES string of the molecule is CCCCCCCCCCCCC(C(=O)O)[N+](CC)(CC)CC. The first kappa shape index (κ1) is 22.4. The van der Waals surface area contributed by atoms with E-state index in [-0.39, 0.29) is 6.04 Å². The number of rotatable bonds is 16. The summed E-state index contributed by atoms with van der Waals surface area (Å²) in [5, 5.41) is 9.63. The second-order valence-corrected chi connectivity index (χ2v) is 6.99. The van der Waals surface area contributed by atoms with Gasteiger partial charge in [0.2, 0.25) is 0 Å². The van der Waals surface area contributed by atoms with Crippen molar-refractivity contribution in [2.45, 2.75) is 104 Å². The quantitative estimate of drug-likeness (QED) is 0.294. The maximum absolute atomic E-state index is 11.7. The van der Waals surface area contributed by atoms with Crippen LogP contribution in [-0.2, 0) is 4.79 Å².